The van der Waals surface area contributed by atoms with E-state index in [0.29, 0.717) is 5.56 Å². The molecule has 1 aliphatic rings. The molecule has 1 aliphatic heterocycles. The monoisotopic (exact) mass is 457 g/mol. The second-order valence-electron chi connectivity index (χ2n) is 8.94. The molecule has 5 rings (SSSR count). The predicted molar refractivity (Wildman–Crippen MR) is 136 cm³/mol. The highest BCUT2D eigenvalue weighted by molar-refractivity contribution is 5.95. The second kappa shape index (κ2) is 9.77. The van der Waals surface area contributed by atoms with E-state index >= 15 is 0 Å². The fourth-order valence-corrected chi connectivity index (χ4v) is 4.85. The van der Waals surface area contributed by atoms with E-state index in [-0.39, 0.29) is 5.97 Å². The molecular weight excluding hydrogens is 426 g/mol. The Morgan fingerprint density at radius 1 is 1.06 bits per heavy atom. The van der Waals surface area contributed by atoms with Crippen LogP contribution in [0.4, 0.5) is 0 Å². The minimum atomic E-state index is -0.293. The first-order valence-corrected chi connectivity index (χ1v) is 11.9. The standard InChI is InChI=1S/C28H31N3O3/c1-33-23-7-9-25-22(15-23)17-27(30-25)19-10-13-31(14-11-19)12-4-3-5-21-18-29-26-8-6-20(16-24(21)26)28(32)34-2/h6-10,15-18,29-30H,3-5,11-14H2,1-2H3. The maximum absolute atomic E-state index is 11.9. The smallest absolute Gasteiger partial charge is 0.337 e. The topological polar surface area (TPSA) is 70.3 Å². The molecule has 0 aliphatic carbocycles. The molecule has 2 N–H and O–H groups in total. The van der Waals surface area contributed by atoms with Crippen molar-refractivity contribution in [2.75, 3.05) is 33.9 Å². The highest BCUT2D eigenvalue weighted by atomic mass is 16.5. The third kappa shape index (κ3) is 4.59. The van der Waals surface area contributed by atoms with Gasteiger partial charge in [0.2, 0.25) is 0 Å². The molecule has 0 bridgehead atoms. The van der Waals surface area contributed by atoms with Crippen LogP contribution in [-0.4, -0.2) is 54.7 Å². The number of hydrogen-bond acceptors (Lipinski definition) is 4. The Hall–Kier alpha value is -3.51. The first-order valence-electron chi connectivity index (χ1n) is 11.9. The van der Waals surface area contributed by atoms with Gasteiger partial charge in [-0.05, 0) is 85.8 Å². The number of carbonyl (C=O) groups is 1. The summed E-state index contributed by atoms with van der Waals surface area (Å²) in [5.41, 5.74) is 6.68. The number of esters is 1. The molecule has 0 amide bonds. The van der Waals surface area contributed by atoms with Gasteiger partial charge in [-0.25, -0.2) is 4.79 Å². The maximum Gasteiger partial charge on any atom is 0.337 e. The van der Waals surface area contributed by atoms with Gasteiger partial charge in [0.25, 0.3) is 0 Å². The highest BCUT2D eigenvalue weighted by Gasteiger charge is 2.15. The summed E-state index contributed by atoms with van der Waals surface area (Å²) in [5.74, 6) is 0.595. The molecule has 0 unspecified atom stereocenters. The van der Waals surface area contributed by atoms with Crippen LogP contribution in [0.1, 0.15) is 40.9 Å². The van der Waals surface area contributed by atoms with E-state index in [1.165, 1.54) is 29.3 Å². The lowest BCUT2D eigenvalue weighted by atomic mass is 10.0. The summed E-state index contributed by atoms with van der Waals surface area (Å²) in [6.07, 6.45) is 8.75. The van der Waals surface area contributed by atoms with Crippen LogP contribution in [0.25, 0.3) is 27.4 Å². The van der Waals surface area contributed by atoms with Crippen LogP contribution in [0, 0.1) is 0 Å². The van der Waals surface area contributed by atoms with Crippen LogP contribution in [0.2, 0.25) is 0 Å². The average Bonchev–Trinajstić information content (AvgIpc) is 3.49. The summed E-state index contributed by atoms with van der Waals surface area (Å²) in [5, 5.41) is 2.30. The third-order valence-corrected chi connectivity index (χ3v) is 6.83. The van der Waals surface area contributed by atoms with Crippen molar-refractivity contribution in [2.45, 2.75) is 25.7 Å². The highest BCUT2D eigenvalue weighted by Crippen LogP contribution is 2.28. The first-order chi connectivity index (χ1) is 16.6. The quantitative estimate of drug-likeness (QED) is 0.269. The van der Waals surface area contributed by atoms with Crippen LogP contribution in [0.5, 0.6) is 5.75 Å². The summed E-state index contributed by atoms with van der Waals surface area (Å²) in [6.45, 7) is 3.17. The van der Waals surface area contributed by atoms with E-state index in [0.717, 1.165) is 67.5 Å². The zero-order valence-corrected chi connectivity index (χ0v) is 19.8. The van der Waals surface area contributed by atoms with Gasteiger partial charge in [0.1, 0.15) is 5.75 Å². The van der Waals surface area contributed by atoms with Crippen molar-refractivity contribution in [1.82, 2.24) is 14.9 Å². The number of carbonyl (C=O) groups excluding carboxylic acids is 1. The van der Waals surface area contributed by atoms with Crippen molar-refractivity contribution in [2.24, 2.45) is 0 Å². The van der Waals surface area contributed by atoms with Crippen LogP contribution in [-0.2, 0) is 11.2 Å². The summed E-state index contributed by atoms with van der Waals surface area (Å²) >= 11 is 0. The number of rotatable bonds is 8. The Labute approximate surface area is 199 Å². The molecule has 2 aromatic carbocycles. The number of ether oxygens (including phenoxy) is 2. The fraction of sp³-hybridized carbons (Fsp3) is 0.321. The van der Waals surface area contributed by atoms with E-state index in [1.54, 1.807) is 13.2 Å². The molecule has 4 aromatic rings. The summed E-state index contributed by atoms with van der Waals surface area (Å²) in [6, 6.07) is 14.1. The molecule has 34 heavy (non-hydrogen) atoms. The molecule has 2 aromatic heterocycles. The summed E-state index contributed by atoms with van der Waals surface area (Å²) in [7, 11) is 3.12. The third-order valence-electron chi connectivity index (χ3n) is 6.83. The van der Waals surface area contributed by atoms with Crippen molar-refractivity contribution in [3.05, 3.63) is 71.6 Å². The maximum atomic E-state index is 11.9. The van der Waals surface area contributed by atoms with Crippen LogP contribution in [0.15, 0.2) is 54.7 Å². The van der Waals surface area contributed by atoms with E-state index in [4.69, 9.17) is 9.47 Å². The van der Waals surface area contributed by atoms with Gasteiger partial charge in [0.15, 0.2) is 0 Å². The lowest BCUT2D eigenvalue weighted by Gasteiger charge is -2.26. The number of nitrogens with zero attached hydrogens (tertiary/aromatic N) is 1. The minimum Gasteiger partial charge on any atom is -0.497 e. The number of fused-ring (bicyclic) bond motifs is 2. The van der Waals surface area contributed by atoms with Crippen molar-refractivity contribution < 1.29 is 14.3 Å². The lowest BCUT2D eigenvalue weighted by molar-refractivity contribution is 0.0601. The molecule has 6 nitrogen and oxygen atoms in total. The number of unbranched alkanes of at least 4 members (excludes halogenated alkanes) is 1. The molecule has 0 radical (unpaired) electrons. The zero-order chi connectivity index (χ0) is 23.5. The van der Waals surface area contributed by atoms with Crippen molar-refractivity contribution in [3.63, 3.8) is 0 Å². The van der Waals surface area contributed by atoms with Gasteiger partial charge >= 0.3 is 5.97 Å². The molecule has 3 heterocycles. The van der Waals surface area contributed by atoms with E-state index in [2.05, 4.69) is 45.3 Å². The molecule has 0 saturated carbocycles. The minimum absolute atomic E-state index is 0.293. The van der Waals surface area contributed by atoms with Crippen molar-refractivity contribution >= 4 is 33.3 Å². The summed E-state index contributed by atoms with van der Waals surface area (Å²) in [4.78, 5) is 21.3. The van der Waals surface area contributed by atoms with Gasteiger partial charge in [-0.15, -0.1) is 0 Å². The number of aryl methyl sites for hydroxylation is 1. The van der Waals surface area contributed by atoms with Gasteiger partial charge in [0.05, 0.1) is 19.8 Å². The number of benzene rings is 2. The largest absolute Gasteiger partial charge is 0.497 e. The zero-order valence-electron chi connectivity index (χ0n) is 19.8. The molecular formula is C28H31N3O3. The number of H-pyrrole nitrogens is 2. The van der Waals surface area contributed by atoms with Crippen LogP contribution >= 0.6 is 0 Å². The Balaban J connectivity index is 1.14. The number of aromatic amines is 2. The number of aromatic nitrogens is 2. The first kappa shape index (κ1) is 22.3. The number of methoxy groups -OCH3 is 2. The van der Waals surface area contributed by atoms with Gasteiger partial charge in [0, 0.05) is 46.8 Å². The van der Waals surface area contributed by atoms with Gasteiger partial charge < -0.3 is 19.4 Å². The Kier molecular flexibility index (Phi) is 6.41. The Morgan fingerprint density at radius 3 is 2.74 bits per heavy atom. The van der Waals surface area contributed by atoms with Gasteiger partial charge in [-0.1, -0.05) is 6.08 Å². The van der Waals surface area contributed by atoms with Crippen molar-refractivity contribution in [1.29, 1.82) is 0 Å². The molecule has 6 heteroatoms. The number of nitrogens with one attached hydrogen (secondary N) is 2. The molecule has 0 fully saturated rings. The summed E-state index contributed by atoms with van der Waals surface area (Å²) < 4.78 is 10.2. The molecule has 0 atom stereocenters. The fourth-order valence-electron chi connectivity index (χ4n) is 4.85. The van der Waals surface area contributed by atoms with E-state index in [1.807, 2.05) is 18.2 Å². The van der Waals surface area contributed by atoms with E-state index < -0.39 is 0 Å². The molecule has 0 spiro atoms. The average molecular weight is 458 g/mol. The Bertz CT molecular complexity index is 1350. The predicted octanol–water partition coefficient (Wildman–Crippen LogP) is 5.56. The van der Waals surface area contributed by atoms with Crippen molar-refractivity contribution in [3.8, 4) is 5.75 Å². The number of hydrogen-bond donors (Lipinski definition) is 2. The second-order valence-corrected chi connectivity index (χ2v) is 8.94. The van der Waals surface area contributed by atoms with Gasteiger partial charge in [-0.3, -0.25) is 4.90 Å². The van der Waals surface area contributed by atoms with Gasteiger partial charge in [-0.2, -0.15) is 0 Å². The molecule has 0 saturated heterocycles. The lowest BCUT2D eigenvalue weighted by Crippen LogP contribution is -2.29. The molecule has 176 valence electrons. The normalized spacial score (nSPS) is 14.5. The van der Waals surface area contributed by atoms with E-state index in [9.17, 15) is 4.79 Å². The van der Waals surface area contributed by atoms with Crippen LogP contribution < -0.4 is 4.74 Å². The Morgan fingerprint density at radius 2 is 1.94 bits per heavy atom. The van der Waals surface area contributed by atoms with Crippen LogP contribution in [0.3, 0.4) is 0 Å². The SMILES string of the molecule is COC(=O)c1ccc2[nH]cc(CCCCN3CC=C(c4cc5cc(OC)ccc5[nH]4)CC3)c2c1.